The summed E-state index contributed by atoms with van der Waals surface area (Å²) in [5.74, 6) is 1.92. The summed E-state index contributed by atoms with van der Waals surface area (Å²) in [6, 6.07) is 12.1. The van der Waals surface area contributed by atoms with E-state index in [0.717, 1.165) is 0 Å². The number of ether oxygens (including phenoxy) is 3. The van der Waals surface area contributed by atoms with Gasteiger partial charge in [0.05, 0.1) is 30.9 Å². The predicted octanol–water partition coefficient (Wildman–Crippen LogP) is 4.02. The van der Waals surface area contributed by atoms with Crippen molar-refractivity contribution in [1.29, 1.82) is 5.26 Å². The number of nitrogens with zero attached hydrogens (tertiary/aromatic N) is 1. The maximum atomic E-state index is 8.82. The van der Waals surface area contributed by atoms with Crippen LogP contribution in [0.2, 0.25) is 5.02 Å². The van der Waals surface area contributed by atoms with Crippen LogP contribution in [0.15, 0.2) is 36.4 Å². The van der Waals surface area contributed by atoms with Crippen LogP contribution in [0.25, 0.3) is 0 Å². The third-order valence-electron chi connectivity index (χ3n) is 2.66. The molecule has 0 aliphatic heterocycles. The van der Waals surface area contributed by atoms with Gasteiger partial charge in [-0.3, -0.25) is 0 Å². The van der Waals surface area contributed by atoms with E-state index in [2.05, 4.69) is 0 Å². The molecule has 0 N–H and O–H groups in total. The number of para-hydroxylation sites is 1. The molecule has 0 heterocycles. The van der Waals surface area contributed by atoms with Crippen LogP contribution in [0.3, 0.4) is 0 Å². The van der Waals surface area contributed by atoms with Gasteiger partial charge in [-0.1, -0.05) is 17.7 Å². The molecule has 0 atom stereocenters. The quantitative estimate of drug-likeness (QED) is 0.853. The van der Waals surface area contributed by atoms with Crippen LogP contribution < -0.4 is 14.2 Å². The standard InChI is InChI=1S/C15H12ClNO3/c1-18-13-4-3-5-14(19-2)15(13)20-12-7-6-10(9-17)8-11(12)16/h3-8H,1-2H3. The first kappa shape index (κ1) is 14.0. The lowest BCUT2D eigenvalue weighted by molar-refractivity contribution is 0.346. The number of benzene rings is 2. The van der Waals surface area contributed by atoms with Gasteiger partial charge in [0.25, 0.3) is 0 Å². The van der Waals surface area contributed by atoms with E-state index in [4.69, 9.17) is 31.1 Å². The zero-order valence-electron chi connectivity index (χ0n) is 11.0. The Morgan fingerprint density at radius 3 is 2.15 bits per heavy atom. The van der Waals surface area contributed by atoms with E-state index in [0.29, 0.717) is 33.6 Å². The monoisotopic (exact) mass is 289 g/mol. The zero-order chi connectivity index (χ0) is 14.5. The van der Waals surface area contributed by atoms with E-state index in [-0.39, 0.29) is 0 Å². The van der Waals surface area contributed by atoms with Crippen molar-refractivity contribution in [3.05, 3.63) is 47.0 Å². The summed E-state index contributed by atoms with van der Waals surface area (Å²) < 4.78 is 16.3. The molecule has 5 heteroatoms. The molecule has 0 saturated heterocycles. The van der Waals surface area contributed by atoms with Crippen LogP contribution in [0.1, 0.15) is 5.56 Å². The normalized spacial score (nSPS) is 9.70. The van der Waals surface area contributed by atoms with E-state index in [9.17, 15) is 0 Å². The molecule has 2 rings (SSSR count). The highest BCUT2D eigenvalue weighted by Gasteiger charge is 2.14. The lowest BCUT2D eigenvalue weighted by Gasteiger charge is -2.14. The minimum absolute atomic E-state index is 0.344. The number of nitriles is 1. The van der Waals surface area contributed by atoms with E-state index < -0.39 is 0 Å². The van der Waals surface area contributed by atoms with Crippen molar-refractivity contribution in [2.24, 2.45) is 0 Å². The Balaban J connectivity index is 2.42. The van der Waals surface area contributed by atoms with Crippen molar-refractivity contribution < 1.29 is 14.2 Å². The second kappa shape index (κ2) is 6.18. The molecule has 0 unspecified atom stereocenters. The Bertz CT molecular complexity index is 642. The average Bonchev–Trinajstić information content (AvgIpc) is 2.49. The van der Waals surface area contributed by atoms with Crippen LogP contribution in [0.5, 0.6) is 23.0 Å². The summed E-state index contributed by atoms with van der Waals surface area (Å²) in [6.07, 6.45) is 0. The van der Waals surface area contributed by atoms with Crippen LogP contribution in [0, 0.1) is 11.3 Å². The maximum absolute atomic E-state index is 8.82. The maximum Gasteiger partial charge on any atom is 0.211 e. The first-order valence-electron chi connectivity index (χ1n) is 5.78. The van der Waals surface area contributed by atoms with Crippen molar-refractivity contribution >= 4 is 11.6 Å². The van der Waals surface area contributed by atoms with E-state index in [1.165, 1.54) is 0 Å². The van der Waals surface area contributed by atoms with Gasteiger partial charge in [-0.05, 0) is 30.3 Å². The van der Waals surface area contributed by atoms with Gasteiger partial charge in [-0.2, -0.15) is 5.26 Å². The van der Waals surface area contributed by atoms with E-state index >= 15 is 0 Å². The van der Waals surface area contributed by atoms with Gasteiger partial charge in [0.15, 0.2) is 11.5 Å². The number of halogens is 1. The fourth-order valence-corrected chi connectivity index (χ4v) is 1.90. The first-order valence-corrected chi connectivity index (χ1v) is 6.16. The topological polar surface area (TPSA) is 51.5 Å². The fraction of sp³-hybridized carbons (Fsp3) is 0.133. The molecule has 0 aliphatic carbocycles. The lowest BCUT2D eigenvalue weighted by Crippen LogP contribution is -1.95. The SMILES string of the molecule is COc1cccc(OC)c1Oc1ccc(C#N)cc1Cl. The summed E-state index contributed by atoms with van der Waals surface area (Å²) in [5.41, 5.74) is 0.467. The molecule has 0 radical (unpaired) electrons. The van der Waals surface area contributed by atoms with Crippen molar-refractivity contribution in [2.75, 3.05) is 14.2 Å². The molecule has 0 aliphatic rings. The molecular weight excluding hydrogens is 278 g/mol. The van der Waals surface area contributed by atoms with E-state index in [1.807, 2.05) is 6.07 Å². The summed E-state index contributed by atoms with van der Waals surface area (Å²) in [4.78, 5) is 0. The van der Waals surface area contributed by atoms with Gasteiger partial charge in [0.1, 0.15) is 5.75 Å². The number of hydrogen-bond donors (Lipinski definition) is 0. The number of methoxy groups -OCH3 is 2. The zero-order valence-corrected chi connectivity index (χ0v) is 11.8. The molecule has 0 aromatic heterocycles. The molecule has 2 aromatic rings. The number of hydrogen-bond acceptors (Lipinski definition) is 4. The van der Waals surface area contributed by atoms with Crippen molar-refractivity contribution in [3.8, 4) is 29.1 Å². The molecule has 0 saturated carbocycles. The Kier molecular flexibility index (Phi) is 4.34. The molecule has 20 heavy (non-hydrogen) atoms. The van der Waals surface area contributed by atoms with Crippen LogP contribution in [0.4, 0.5) is 0 Å². The molecule has 0 bridgehead atoms. The predicted molar refractivity (Wildman–Crippen MR) is 75.8 cm³/mol. The highest BCUT2D eigenvalue weighted by molar-refractivity contribution is 6.32. The minimum atomic E-state index is 0.344. The summed E-state index contributed by atoms with van der Waals surface area (Å²) in [7, 11) is 3.09. The van der Waals surface area contributed by atoms with E-state index in [1.54, 1.807) is 50.6 Å². The summed E-state index contributed by atoms with van der Waals surface area (Å²) in [6.45, 7) is 0. The molecular formula is C15H12ClNO3. The van der Waals surface area contributed by atoms with Gasteiger partial charge >= 0.3 is 0 Å². The van der Waals surface area contributed by atoms with Gasteiger partial charge < -0.3 is 14.2 Å². The largest absolute Gasteiger partial charge is 0.493 e. The lowest BCUT2D eigenvalue weighted by atomic mass is 10.2. The second-order valence-electron chi connectivity index (χ2n) is 3.85. The van der Waals surface area contributed by atoms with Gasteiger partial charge in [-0.15, -0.1) is 0 Å². The van der Waals surface area contributed by atoms with Crippen molar-refractivity contribution in [2.45, 2.75) is 0 Å². The highest BCUT2D eigenvalue weighted by atomic mass is 35.5. The Labute approximate surface area is 122 Å². The minimum Gasteiger partial charge on any atom is -0.493 e. The van der Waals surface area contributed by atoms with Crippen LogP contribution >= 0.6 is 11.6 Å². The van der Waals surface area contributed by atoms with Crippen LogP contribution in [-0.4, -0.2) is 14.2 Å². The average molecular weight is 290 g/mol. The second-order valence-corrected chi connectivity index (χ2v) is 4.26. The van der Waals surface area contributed by atoms with Crippen molar-refractivity contribution in [1.82, 2.24) is 0 Å². The number of rotatable bonds is 4. The molecule has 102 valence electrons. The summed E-state index contributed by atoms with van der Waals surface area (Å²) >= 11 is 6.09. The first-order chi connectivity index (χ1) is 9.69. The Morgan fingerprint density at radius 1 is 1.00 bits per heavy atom. The fourth-order valence-electron chi connectivity index (χ4n) is 1.68. The highest BCUT2D eigenvalue weighted by Crippen LogP contribution is 2.41. The Hall–Kier alpha value is -2.38. The van der Waals surface area contributed by atoms with Gasteiger partial charge in [0.2, 0.25) is 5.75 Å². The van der Waals surface area contributed by atoms with Crippen LogP contribution in [-0.2, 0) is 0 Å². The Morgan fingerprint density at radius 2 is 1.65 bits per heavy atom. The molecule has 0 amide bonds. The smallest absolute Gasteiger partial charge is 0.211 e. The molecule has 0 spiro atoms. The van der Waals surface area contributed by atoms with Gasteiger partial charge in [-0.25, -0.2) is 0 Å². The molecule has 0 fully saturated rings. The van der Waals surface area contributed by atoms with Gasteiger partial charge in [0, 0.05) is 0 Å². The third-order valence-corrected chi connectivity index (χ3v) is 2.95. The molecule has 4 nitrogen and oxygen atoms in total. The molecule has 2 aromatic carbocycles. The van der Waals surface area contributed by atoms with Crippen molar-refractivity contribution in [3.63, 3.8) is 0 Å². The third kappa shape index (κ3) is 2.79. The summed E-state index contributed by atoms with van der Waals surface area (Å²) in [5, 5.41) is 9.16.